The molecule has 0 radical (unpaired) electrons. The second-order valence-electron chi connectivity index (χ2n) is 6.48. The van der Waals surface area contributed by atoms with Crippen LogP contribution in [0.4, 0.5) is 0 Å². The number of aliphatic imine (C=N–C) groups is 1. The number of carbonyl (C=O) groups excluding carboxylic acids is 1. The number of carbonyl (C=O) groups is 1. The van der Waals surface area contributed by atoms with Gasteiger partial charge in [-0.05, 0) is 52.3 Å². The molecule has 0 spiro atoms. The SMILES string of the molecule is CCNC(=O)C(C)(C)CN=C(NCC)NC(C)c1ccc(Cl)c(Cl)c1.I. The molecule has 148 valence electrons. The molecule has 5 nitrogen and oxygen atoms in total. The van der Waals surface area contributed by atoms with Gasteiger partial charge in [0.25, 0.3) is 0 Å². The monoisotopic (exact) mass is 514 g/mol. The minimum atomic E-state index is -0.578. The van der Waals surface area contributed by atoms with E-state index in [1.54, 1.807) is 6.07 Å². The molecule has 0 saturated carbocycles. The number of hydrogen-bond donors (Lipinski definition) is 3. The topological polar surface area (TPSA) is 65.5 Å². The van der Waals surface area contributed by atoms with Gasteiger partial charge in [0.2, 0.25) is 5.91 Å². The molecule has 3 N–H and O–H groups in total. The van der Waals surface area contributed by atoms with Gasteiger partial charge in [0.15, 0.2) is 5.96 Å². The quantitative estimate of drug-likeness (QED) is 0.287. The number of halogens is 3. The van der Waals surface area contributed by atoms with Gasteiger partial charge in [0.05, 0.1) is 28.0 Å². The van der Waals surface area contributed by atoms with Crippen LogP contribution >= 0.6 is 47.2 Å². The van der Waals surface area contributed by atoms with Crippen molar-refractivity contribution in [1.82, 2.24) is 16.0 Å². The fourth-order valence-corrected chi connectivity index (χ4v) is 2.45. The van der Waals surface area contributed by atoms with Crippen molar-refractivity contribution in [2.75, 3.05) is 19.6 Å². The first-order valence-electron chi connectivity index (χ1n) is 8.49. The van der Waals surface area contributed by atoms with Gasteiger partial charge in [-0.1, -0.05) is 29.3 Å². The summed E-state index contributed by atoms with van der Waals surface area (Å²) in [7, 11) is 0. The van der Waals surface area contributed by atoms with Crippen molar-refractivity contribution < 1.29 is 4.79 Å². The fraction of sp³-hybridized carbons (Fsp3) is 0.556. The second-order valence-corrected chi connectivity index (χ2v) is 7.29. The zero-order valence-corrected chi connectivity index (χ0v) is 19.8. The van der Waals surface area contributed by atoms with Crippen molar-refractivity contribution in [3.8, 4) is 0 Å². The van der Waals surface area contributed by atoms with Crippen LogP contribution in [0.3, 0.4) is 0 Å². The lowest BCUT2D eigenvalue weighted by atomic mass is 9.92. The smallest absolute Gasteiger partial charge is 0.227 e. The molecule has 26 heavy (non-hydrogen) atoms. The lowest BCUT2D eigenvalue weighted by Gasteiger charge is -2.23. The van der Waals surface area contributed by atoms with E-state index < -0.39 is 5.41 Å². The summed E-state index contributed by atoms with van der Waals surface area (Å²) in [5.74, 6) is 0.644. The zero-order chi connectivity index (χ0) is 19.0. The first kappa shape index (κ1) is 25.3. The van der Waals surface area contributed by atoms with Crippen molar-refractivity contribution in [2.24, 2.45) is 10.4 Å². The predicted molar refractivity (Wildman–Crippen MR) is 122 cm³/mol. The Bertz CT molecular complexity index is 623. The Morgan fingerprint density at radius 3 is 2.31 bits per heavy atom. The Labute approximate surface area is 183 Å². The van der Waals surface area contributed by atoms with E-state index in [0.717, 1.165) is 12.1 Å². The third kappa shape index (κ3) is 7.88. The van der Waals surface area contributed by atoms with Crippen LogP contribution < -0.4 is 16.0 Å². The lowest BCUT2D eigenvalue weighted by Crippen LogP contribution is -2.42. The highest BCUT2D eigenvalue weighted by molar-refractivity contribution is 14.0. The van der Waals surface area contributed by atoms with E-state index in [0.29, 0.717) is 29.1 Å². The van der Waals surface area contributed by atoms with Crippen molar-refractivity contribution in [2.45, 2.75) is 40.7 Å². The molecule has 0 fully saturated rings. The Hall–Kier alpha value is -0.730. The average Bonchev–Trinajstić information content (AvgIpc) is 2.55. The van der Waals surface area contributed by atoms with Crippen LogP contribution in [0, 0.1) is 5.41 Å². The zero-order valence-electron chi connectivity index (χ0n) is 16.0. The van der Waals surface area contributed by atoms with Gasteiger partial charge in [0, 0.05) is 13.1 Å². The number of guanidine groups is 1. The summed E-state index contributed by atoms with van der Waals surface area (Å²) in [5.41, 5.74) is 0.425. The van der Waals surface area contributed by atoms with E-state index in [2.05, 4.69) is 20.9 Å². The van der Waals surface area contributed by atoms with Crippen molar-refractivity contribution in [3.05, 3.63) is 33.8 Å². The molecule has 0 aliphatic heterocycles. The Morgan fingerprint density at radius 2 is 1.77 bits per heavy atom. The number of rotatable bonds is 7. The summed E-state index contributed by atoms with van der Waals surface area (Å²) < 4.78 is 0. The maximum atomic E-state index is 12.1. The van der Waals surface area contributed by atoms with Crippen molar-refractivity contribution in [3.63, 3.8) is 0 Å². The first-order valence-corrected chi connectivity index (χ1v) is 9.25. The molecule has 0 saturated heterocycles. The first-order chi connectivity index (χ1) is 11.7. The van der Waals surface area contributed by atoms with Crippen LogP contribution in [0.15, 0.2) is 23.2 Å². The molecule has 0 aromatic heterocycles. The van der Waals surface area contributed by atoms with Crippen LogP contribution in [0.5, 0.6) is 0 Å². The molecule has 1 aromatic rings. The summed E-state index contributed by atoms with van der Waals surface area (Å²) in [4.78, 5) is 16.7. The Balaban J connectivity index is 0.00000625. The number of benzene rings is 1. The van der Waals surface area contributed by atoms with E-state index >= 15 is 0 Å². The molecular formula is C18H29Cl2IN4O. The van der Waals surface area contributed by atoms with E-state index in [4.69, 9.17) is 23.2 Å². The summed E-state index contributed by atoms with van der Waals surface area (Å²) in [6.45, 7) is 11.4. The maximum absolute atomic E-state index is 12.1. The van der Waals surface area contributed by atoms with E-state index in [1.165, 1.54) is 0 Å². The summed E-state index contributed by atoms with van der Waals surface area (Å²) in [6, 6.07) is 5.53. The third-order valence-corrected chi connectivity index (χ3v) is 4.46. The lowest BCUT2D eigenvalue weighted by molar-refractivity contribution is -0.128. The third-order valence-electron chi connectivity index (χ3n) is 3.73. The molecule has 0 heterocycles. The highest BCUT2D eigenvalue weighted by Crippen LogP contribution is 2.25. The van der Waals surface area contributed by atoms with Crippen molar-refractivity contribution in [1.29, 1.82) is 0 Å². The molecular weight excluding hydrogens is 486 g/mol. The minimum absolute atomic E-state index is 0. The van der Waals surface area contributed by atoms with Gasteiger partial charge in [-0.25, -0.2) is 0 Å². The van der Waals surface area contributed by atoms with Gasteiger partial charge in [-0.3, -0.25) is 9.79 Å². The number of nitrogens with one attached hydrogen (secondary N) is 3. The summed E-state index contributed by atoms with van der Waals surface area (Å²) >= 11 is 12.1. The largest absolute Gasteiger partial charge is 0.357 e. The van der Waals surface area contributed by atoms with Crippen molar-refractivity contribution >= 4 is 59.0 Å². The van der Waals surface area contributed by atoms with Gasteiger partial charge in [-0.15, -0.1) is 24.0 Å². The number of nitrogens with zero attached hydrogens (tertiary/aromatic N) is 1. The van der Waals surface area contributed by atoms with Gasteiger partial charge >= 0.3 is 0 Å². The van der Waals surface area contributed by atoms with E-state index in [1.807, 2.05) is 46.8 Å². The van der Waals surface area contributed by atoms with Gasteiger partial charge in [-0.2, -0.15) is 0 Å². The van der Waals surface area contributed by atoms with Crippen LogP contribution in [0.25, 0.3) is 0 Å². The van der Waals surface area contributed by atoms with Gasteiger partial charge < -0.3 is 16.0 Å². The van der Waals surface area contributed by atoms with Crippen LogP contribution in [0.1, 0.15) is 46.2 Å². The molecule has 0 aliphatic carbocycles. The maximum Gasteiger partial charge on any atom is 0.227 e. The number of amides is 1. The fourth-order valence-electron chi connectivity index (χ4n) is 2.14. The molecule has 1 atom stereocenters. The highest BCUT2D eigenvalue weighted by Gasteiger charge is 2.27. The highest BCUT2D eigenvalue weighted by atomic mass is 127. The molecule has 1 rings (SSSR count). The van der Waals surface area contributed by atoms with Crippen LogP contribution in [-0.4, -0.2) is 31.5 Å². The van der Waals surface area contributed by atoms with Crippen LogP contribution in [0.2, 0.25) is 10.0 Å². The summed E-state index contributed by atoms with van der Waals surface area (Å²) in [5, 5.41) is 10.4. The second kappa shape index (κ2) is 11.9. The average molecular weight is 515 g/mol. The standard InChI is InChI=1S/C18H28Cl2N4O.HI/c1-6-21-16(25)18(4,5)11-23-17(22-7-2)24-12(3)13-8-9-14(19)15(20)10-13;/h8-10,12H,6-7,11H2,1-5H3,(H,21,25)(H2,22,23,24);1H. The Morgan fingerprint density at radius 1 is 1.15 bits per heavy atom. The van der Waals surface area contributed by atoms with E-state index in [9.17, 15) is 4.79 Å². The normalized spacial score (nSPS) is 12.8. The molecule has 1 aromatic carbocycles. The van der Waals surface area contributed by atoms with Gasteiger partial charge in [0.1, 0.15) is 0 Å². The Kier molecular flexibility index (Phi) is 11.5. The number of hydrogen-bond acceptors (Lipinski definition) is 2. The minimum Gasteiger partial charge on any atom is -0.357 e. The molecule has 0 bridgehead atoms. The molecule has 1 amide bonds. The summed E-state index contributed by atoms with van der Waals surface area (Å²) in [6.07, 6.45) is 0. The predicted octanol–water partition coefficient (Wildman–Crippen LogP) is 4.39. The molecule has 1 unspecified atom stereocenters. The molecule has 8 heteroatoms. The molecule has 0 aliphatic rings. The van der Waals surface area contributed by atoms with E-state index in [-0.39, 0.29) is 35.9 Å². The van der Waals surface area contributed by atoms with Crippen LogP contribution in [-0.2, 0) is 4.79 Å².